The van der Waals surface area contributed by atoms with Crippen LogP contribution < -0.4 is 10.2 Å². The zero-order valence-corrected chi connectivity index (χ0v) is 20.6. The minimum Gasteiger partial charge on any atom is -0.467 e. The quantitative estimate of drug-likeness (QED) is 0.302. The molecule has 0 aliphatic heterocycles. The number of carbonyl (C=O) groups excluding carboxylic acids is 1. The molecule has 0 radical (unpaired) electrons. The van der Waals surface area contributed by atoms with Gasteiger partial charge in [-0.25, -0.2) is 10.4 Å². The first-order valence-corrected chi connectivity index (χ1v) is 11.0. The molecule has 1 N–H and O–H groups in total. The highest BCUT2D eigenvalue weighted by Crippen LogP contribution is 2.31. The summed E-state index contributed by atoms with van der Waals surface area (Å²) in [5.74, 6) is 0.428. The molecule has 3 aromatic rings. The number of aromatic nitrogens is 1. The molecule has 0 atom stereocenters. The third-order valence-electron chi connectivity index (χ3n) is 4.31. The number of hydrogen-bond acceptors (Lipinski definition) is 7. The normalized spacial score (nSPS) is 10.9. The molecule has 2 heterocycles. The highest BCUT2D eigenvalue weighted by molar-refractivity contribution is 9.10. The summed E-state index contributed by atoms with van der Waals surface area (Å²) in [6.45, 7) is 1.54. The Morgan fingerprint density at radius 1 is 1.36 bits per heavy atom. The van der Waals surface area contributed by atoms with Crippen LogP contribution in [-0.2, 0) is 16.1 Å². The molecular formula is C22H17BrCl2N4O4. The van der Waals surface area contributed by atoms with Crippen molar-refractivity contribution < 1.29 is 18.7 Å². The maximum absolute atomic E-state index is 12.1. The fourth-order valence-corrected chi connectivity index (χ4v) is 3.71. The number of methoxy groups -OCH3 is 1. The number of ether oxygens (including phenoxy) is 2. The first-order valence-electron chi connectivity index (χ1n) is 9.42. The van der Waals surface area contributed by atoms with Gasteiger partial charge in [0.25, 0.3) is 5.91 Å². The Kier molecular flexibility index (Phi) is 8.47. The first-order chi connectivity index (χ1) is 15.8. The van der Waals surface area contributed by atoms with E-state index in [0.29, 0.717) is 42.9 Å². The van der Waals surface area contributed by atoms with Gasteiger partial charge in [0.2, 0.25) is 5.88 Å². The predicted octanol–water partition coefficient (Wildman–Crippen LogP) is 5.27. The topological polar surface area (TPSA) is 110 Å². The lowest BCUT2D eigenvalue weighted by Gasteiger charge is -2.13. The van der Waals surface area contributed by atoms with Crippen LogP contribution in [0, 0.1) is 18.3 Å². The van der Waals surface area contributed by atoms with Crippen LogP contribution in [0.3, 0.4) is 0 Å². The minimum absolute atomic E-state index is 0.0416. The molecule has 0 bridgehead atoms. The first kappa shape index (κ1) is 24.7. The number of hydrazone groups is 1. The van der Waals surface area contributed by atoms with E-state index < -0.39 is 12.5 Å². The van der Waals surface area contributed by atoms with Crippen LogP contribution in [0.1, 0.15) is 22.6 Å². The van der Waals surface area contributed by atoms with Crippen molar-refractivity contribution in [3.63, 3.8) is 0 Å². The lowest BCUT2D eigenvalue weighted by atomic mass is 10.1. The molecule has 8 nitrogen and oxygen atoms in total. The van der Waals surface area contributed by atoms with Crippen LogP contribution in [0.15, 0.2) is 44.3 Å². The second-order valence-corrected chi connectivity index (χ2v) is 8.26. The Balaban J connectivity index is 1.62. The molecule has 0 fully saturated rings. The van der Waals surface area contributed by atoms with Crippen LogP contribution in [-0.4, -0.2) is 30.8 Å². The van der Waals surface area contributed by atoms with Crippen LogP contribution in [0.25, 0.3) is 11.3 Å². The third kappa shape index (κ3) is 6.12. The molecule has 1 aromatic carbocycles. The molecule has 0 saturated carbocycles. The smallest absolute Gasteiger partial charge is 0.278 e. The van der Waals surface area contributed by atoms with Crippen LogP contribution in [0.4, 0.5) is 0 Å². The largest absolute Gasteiger partial charge is 0.467 e. The Hall–Kier alpha value is -2.90. The van der Waals surface area contributed by atoms with E-state index in [0.717, 1.165) is 0 Å². The number of nitrogens with one attached hydrogen (secondary N) is 1. The van der Waals surface area contributed by atoms with Gasteiger partial charge in [-0.1, -0.05) is 23.2 Å². The average molecular weight is 552 g/mol. The predicted molar refractivity (Wildman–Crippen MR) is 127 cm³/mol. The maximum atomic E-state index is 12.1. The Bertz CT molecular complexity index is 1250. The number of nitrogens with zero attached hydrogens (tertiary/aromatic N) is 3. The standard InChI is InChI=1S/C22H17BrCl2N4O4/c1-12-21(23)17(10-31-2)16(8-26)22(28-12)32-11-20(30)29-27-9-14-4-6-19(33-14)15-5-3-13(24)7-18(15)25/h3-7,9H,10-11H2,1-2H3,(H,29,30)/b27-9-. The zero-order valence-electron chi connectivity index (χ0n) is 17.5. The van der Waals surface area contributed by atoms with Crippen molar-refractivity contribution >= 4 is 51.3 Å². The lowest BCUT2D eigenvalue weighted by Crippen LogP contribution is -2.25. The summed E-state index contributed by atoms with van der Waals surface area (Å²) in [5, 5.41) is 14.3. The number of hydrogen-bond donors (Lipinski definition) is 1. The number of aryl methyl sites for hydroxylation is 1. The van der Waals surface area contributed by atoms with Gasteiger partial charge >= 0.3 is 0 Å². The highest BCUT2D eigenvalue weighted by atomic mass is 79.9. The number of amides is 1. The van der Waals surface area contributed by atoms with Crippen LogP contribution >= 0.6 is 39.1 Å². The Labute approximate surface area is 208 Å². The average Bonchev–Trinajstić information content (AvgIpc) is 3.24. The van der Waals surface area contributed by atoms with Crippen LogP contribution in [0.5, 0.6) is 5.88 Å². The molecule has 3 rings (SSSR count). The van der Waals surface area contributed by atoms with Gasteiger partial charge in [-0.3, -0.25) is 4.79 Å². The van der Waals surface area contributed by atoms with Crippen molar-refractivity contribution in [3.05, 3.63) is 67.4 Å². The van der Waals surface area contributed by atoms with Crippen molar-refractivity contribution in [1.29, 1.82) is 5.26 Å². The summed E-state index contributed by atoms with van der Waals surface area (Å²) in [5.41, 5.74) is 4.39. The molecule has 2 aromatic heterocycles. The molecule has 0 unspecified atom stereocenters. The van der Waals surface area contributed by atoms with E-state index >= 15 is 0 Å². The second-order valence-electron chi connectivity index (χ2n) is 6.62. The second kappa shape index (κ2) is 11.3. The Morgan fingerprint density at radius 2 is 2.15 bits per heavy atom. The number of rotatable bonds is 8. The number of carbonyl (C=O) groups is 1. The van der Waals surface area contributed by atoms with E-state index in [1.165, 1.54) is 13.3 Å². The molecule has 11 heteroatoms. The highest BCUT2D eigenvalue weighted by Gasteiger charge is 2.18. The fraction of sp³-hybridized carbons (Fsp3) is 0.182. The molecule has 1 amide bonds. The minimum atomic E-state index is -0.543. The summed E-state index contributed by atoms with van der Waals surface area (Å²) < 4.78 is 16.9. The van der Waals surface area contributed by atoms with E-state index in [9.17, 15) is 10.1 Å². The fourth-order valence-electron chi connectivity index (χ4n) is 2.80. The third-order valence-corrected chi connectivity index (χ3v) is 5.91. The number of furan rings is 1. The monoisotopic (exact) mass is 550 g/mol. The summed E-state index contributed by atoms with van der Waals surface area (Å²) >= 11 is 15.5. The van der Waals surface area contributed by atoms with Crippen molar-refractivity contribution in [3.8, 4) is 23.3 Å². The van der Waals surface area contributed by atoms with Crippen LogP contribution in [0.2, 0.25) is 10.0 Å². The van der Waals surface area contributed by atoms with Gasteiger partial charge in [-0.2, -0.15) is 10.4 Å². The van der Waals surface area contributed by atoms with Gasteiger partial charge in [0.05, 0.1) is 23.5 Å². The van der Waals surface area contributed by atoms with E-state index in [4.69, 9.17) is 37.1 Å². The maximum Gasteiger partial charge on any atom is 0.278 e. The zero-order chi connectivity index (χ0) is 24.0. The summed E-state index contributed by atoms with van der Waals surface area (Å²) in [6.07, 6.45) is 1.34. The Morgan fingerprint density at radius 3 is 2.85 bits per heavy atom. The summed E-state index contributed by atoms with van der Waals surface area (Å²) in [7, 11) is 1.52. The number of pyridine rings is 1. The van der Waals surface area contributed by atoms with Gasteiger partial charge in [0.15, 0.2) is 6.61 Å². The van der Waals surface area contributed by atoms with E-state index in [-0.39, 0.29) is 18.1 Å². The van der Waals surface area contributed by atoms with Gasteiger partial charge in [0.1, 0.15) is 23.2 Å². The molecule has 0 aliphatic rings. The molecule has 33 heavy (non-hydrogen) atoms. The lowest BCUT2D eigenvalue weighted by molar-refractivity contribution is -0.123. The molecule has 0 spiro atoms. The molecular weight excluding hydrogens is 535 g/mol. The van der Waals surface area contributed by atoms with E-state index in [1.54, 1.807) is 37.3 Å². The number of nitriles is 1. The summed E-state index contributed by atoms with van der Waals surface area (Å²) in [4.78, 5) is 16.3. The SMILES string of the molecule is COCc1c(Br)c(C)nc(OCC(=O)N/N=C\c2ccc(-c3ccc(Cl)cc3Cl)o2)c1C#N. The van der Waals surface area contributed by atoms with E-state index in [1.807, 2.05) is 6.07 Å². The van der Waals surface area contributed by atoms with Crippen molar-refractivity contribution in [2.75, 3.05) is 13.7 Å². The number of halogens is 3. The van der Waals surface area contributed by atoms with Crippen molar-refractivity contribution in [1.82, 2.24) is 10.4 Å². The molecule has 0 aliphatic carbocycles. The van der Waals surface area contributed by atoms with Gasteiger partial charge in [0, 0.05) is 27.7 Å². The molecule has 0 saturated heterocycles. The van der Waals surface area contributed by atoms with Gasteiger partial charge in [-0.15, -0.1) is 0 Å². The summed E-state index contributed by atoms with van der Waals surface area (Å²) in [6, 6.07) is 10.5. The van der Waals surface area contributed by atoms with Crippen molar-refractivity contribution in [2.45, 2.75) is 13.5 Å². The van der Waals surface area contributed by atoms with Crippen molar-refractivity contribution in [2.24, 2.45) is 5.10 Å². The van der Waals surface area contributed by atoms with Gasteiger partial charge < -0.3 is 13.9 Å². The molecule has 170 valence electrons. The van der Waals surface area contributed by atoms with E-state index in [2.05, 4.69) is 31.4 Å². The number of benzene rings is 1. The van der Waals surface area contributed by atoms with Gasteiger partial charge in [-0.05, 0) is 53.2 Å².